The van der Waals surface area contributed by atoms with E-state index in [2.05, 4.69) is 43.5 Å². The second kappa shape index (κ2) is 73.5. The molecule has 6 heteroatoms. The van der Waals surface area contributed by atoms with E-state index in [1.54, 1.807) is 6.08 Å². The van der Waals surface area contributed by atoms with Crippen LogP contribution in [0.15, 0.2) is 36.5 Å². The number of hydrogen-bond acceptors (Lipinski definition) is 5. The Bertz CT molecular complexity index is 1360. The molecular formula is C78H149NO5. The Morgan fingerprint density at radius 3 is 0.929 bits per heavy atom. The van der Waals surface area contributed by atoms with Crippen molar-refractivity contribution in [3.05, 3.63) is 36.5 Å². The number of hydrogen-bond donors (Lipinski definition) is 3. The molecule has 0 aliphatic carbocycles. The van der Waals surface area contributed by atoms with Gasteiger partial charge in [0.2, 0.25) is 5.91 Å². The molecule has 0 aromatic carbocycles. The normalized spacial score (nSPS) is 12.7. The third-order valence-electron chi connectivity index (χ3n) is 17.9. The average Bonchev–Trinajstić information content (AvgIpc) is 3.50. The van der Waals surface area contributed by atoms with Gasteiger partial charge >= 0.3 is 5.97 Å². The van der Waals surface area contributed by atoms with Crippen molar-refractivity contribution >= 4 is 11.9 Å². The van der Waals surface area contributed by atoms with Crippen LogP contribution in [0.5, 0.6) is 0 Å². The highest BCUT2D eigenvalue weighted by Gasteiger charge is 2.18. The minimum absolute atomic E-state index is 0.0178. The van der Waals surface area contributed by atoms with Crippen LogP contribution >= 0.6 is 0 Å². The molecule has 0 aliphatic heterocycles. The zero-order chi connectivity index (χ0) is 60.6. The van der Waals surface area contributed by atoms with E-state index < -0.39 is 12.1 Å². The van der Waals surface area contributed by atoms with Crippen LogP contribution in [0.3, 0.4) is 0 Å². The van der Waals surface area contributed by atoms with Crippen molar-refractivity contribution in [3.63, 3.8) is 0 Å². The highest BCUT2D eigenvalue weighted by molar-refractivity contribution is 5.76. The van der Waals surface area contributed by atoms with Gasteiger partial charge in [-0.05, 0) is 64.2 Å². The lowest BCUT2D eigenvalue weighted by Crippen LogP contribution is -2.45. The fourth-order valence-corrected chi connectivity index (χ4v) is 12.1. The van der Waals surface area contributed by atoms with Crippen molar-refractivity contribution < 1.29 is 24.5 Å². The van der Waals surface area contributed by atoms with E-state index >= 15 is 0 Å². The molecule has 0 fully saturated rings. The van der Waals surface area contributed by atoms with Crippen molar-refractivity contribution in [1.29, 1.82) is 0 Å². The molecule has 0 saturated carbocycles. The van der Waals surface area contributed by atoms with E-state index in [0.29, 0.717) is 19.4 Å². The maximum Gasteiger partial charge on any atom is 0.305 e. The molecule has 0 bridgehead atoms. The van der Waals surface area contributed by atoms with Crippen LogP contribution < -0.4 is 5.32 Å². The van der Waals surface area contributed by atoms with Crippen LogP contribution in [-0.2, 0) is 14.3 Å². The fraction of sp³-hybridized carbons (Fsp3) is 0.897. The largest absolute Gasteiger partial charge is 0.466 e. The van der Waals surface area contributed by atoms with Gasteiger partial charge in [0.1, 0.15) is 0 Å². The molecule has 0 aromatic rings. The molecular weight excluding hydrogens is 1030 g/mol. The van der Waals surface area contributed by atoms with Crippen LogP contribution in [0.2, 0.25) is 0 Å². The first-order valence-corrected chi connectivity index (χ1v) is 38.3. The number of ether oxygens (including phenoxy) is 1. The highest BCUT2D eigenvalue weighted by Crippen LogP contribution is 2.19. The van der Waals surface area contributed by atoms with Gasteiger partial charge < -0.3 is 20.3 Å². The molecule has 2 atom stereocenters. The van der Waals surface area contributed by atoms with Crippen LogP contribution in [0, 0.1) is 0 Å². The lowest BCUT2D eigenvalue weighted by atomic mass is 10.0. The van der Waals surface area contributed by atoms with E-state index in [4.69, 9.17) is 4.74 Å². The van der Waals surface area contributed by atoms with Crippen LogP contribution in [-0.4, -0.2) is 47.4 Å². The summed E-state index contributed by atoms with van der Waals surface area (Å²) >= 11 is 0. The first kappa shape index (κ1) is 82.1. The third-order valence-corrected chi connectivity index (χ3v) is 17.9. The number of aliphatic hydroxyl groups excluding tert-OH is 2. The first-order valence-electron chi connectivity index (χ1n) is 38.3. The number of nitrogens with one attached hydrogen (secondary N) is 1. The first-order chi connectivity index (χ1) is 41.5. The SMILES string of the molecule is CCCCC/C=C\C/C=C\CCCCCCCCCCCC(=O)OCCCCCCCCCCCCCCCCCCCCCCCCCCCCCCCCCCC(=O)NC(CO)C(O)/C=C/CCCCCCCCCCCCCCCC. The molecule has 6 nitrogen and oxygen atoms in total. The van der Waals surface area contributed by atoms with Crippen molar-refractivity contribution in [2.24, 2.45) is 0 Å². The predicted molar refractivity (Wildman–Crippen MR) is 370 cm³/mol. The van der Waals surface area contributed by atoms with Gasteiger partial charge in [-0.2, -0.15) is 0 Å². The Balaban J connectivity index is 3.33. The monoisotopic (exact) mass is 1180 g/mol. The smallest absolute Gasteiger partial charge is 0.305 e. The zero-order valence-corrected chi connectivity index (χ0v) is 56.9. The van der Waals surface area contributed by atoms with Crippen LogP contribution in [0.25, 0.3) is 0 Å². The highest BCUT2D eigenvalue weighted by atomic mass is 16.5. The Morgan fingerprint density at radius 1 is 0.333 bits per heavy atom. The van der Waals surface area contributed by atoms with E-state index in [-0.39, 0.29) is 18.5 Å². The van der Waals surface area contributed by atoms with Crippen molar-refractivity contribution in [2.75, 3.05) is 13.2 Å². The summed E-state index contributed by atoms with van der Waals surface area (Å²) in [5.41, 5.74) is 0. The molecule has 0 heterocycles. The number of amides is 1. The molecule has 0 spiro atoms. The van der Waals surface area contributed by atoms with E-state index in [1.165, 1.54) is 347 Å². The van der Waals surface area contributed by atoms with E-state index in [9.17, 15) is 19.8 Å². The lowest BCUT2D eigenvalue weighted by molar-refractivity contribution is -0.143. The molecule has 84 heavy (non-hydrogen) atoms. The molecule has 2 unspecified atom stereocenters. The topological polar surface area (TPSA) is 95.9 Å². The molecule has 0 saturated heterocycles. The average molecular weight is 1180 g/mol. The Hall–Kier alpha value is -1.92. The number of allylic oxidation sites excluding steroid dienone is 5. The number of aliphatic hydroxyl groups is 2. The Kier molecular flexibility index (Phi) is 71.9. The Morgan fingerprint density at radius 2 is 0.595 bits per heavy atom. The fourth-order valence-electron chi connectivity index (χ4n) is 12.1. The second-order valence-electron chi connectivity index (χ2n) is 26.3. The Labute approximate surface area is 525 Å². The molecule has 0 aromatic heterocycles. The van der Waals surface area contributed by atoms with Gasteiger partial charge in [0, 0.05) is 12.8 Å². The van der Waals surface area contributed by atoms with Gasteiger partial charge in [-0.15, -0.1) is 0 Å². The molecule has 496 valence electrons. The second-order valence-corrected chi connectivity index (χ2v) is 26.3. The molecule has 0 radical (unpaired) electrons. The summed E-state index contributed by atoms with van der Waals surface area (Å²) in [7, 11) is 0. The van der Waals surface area contributed by atoms with Gasteiger partial charge in [-0.25, -0.2) is 0 Å². The summed E-state index contributed by atoms with van der Waals surface area (Å²) in [5, 5.41) is 23.2. The van der Waals surface area contributed by atoms with Crippen molar-refractivity contribution in [1.82, 2.24) is 5.32 Å². The maximum absolute atomic E-state index is 12.5. The number of rotatable bonds is 72. The summed E-state index contributed by atoms with van der Waals surface area (Å²) < 4.78 is 5.51. The quantitative estimate of drug-likeness (QED) is 0.0320. The van der Waals surface area contributed by atoms with Gasteiger partial charge in [0.05, 0.1) is 25.4 Å². The lowest BCUT2D eigenvalue weighted by Gasteiger charge is -2.20. The van der Waals surface area contributed by atoms with Crippen LogP contribution in [0.1, 0.15) is 425 Å². The van der Waals surface area contributed by atoms with E-state index in [0.717, 1.165) is 51.4 Å². The number of carbonyl (C=O) groups is 2. The van der Waals surface area contributed by atoms with Crippen molar-refractivity contribution in [2.45, 2.75) is 437 Å². The third kappa shape index (κ3) is 69.2. The van der Waals surface area contributed by atoms with Crippen molar-refractivity contribution in [3.8, 4) is 0 Å². The summed E-state index contributed by atoms with van der Waals surface area (Å²) in [6, 6.07) is -0.624. The molecule has 1 amide bonds. The summed E-state index contributed by atoms with van der Waals surface area (Å²) in [5.74, 6) is -0.0427. The van der Waals surface area contributed by atoms with Gasteiger partial charge in [-0.3, -0.25) is 9.59 Å². The standard InChI is InChI=1S/C78H149NO5/c1-3-5-7-9-11-13-15-17-19-21-36-40-44-48-52-56-60-64-68-72-78(83)84-73-69-65-61-57-53-49-45-41-38-35-33-31-29-27-25-23-22-24-26-28-30-32-34-37-39-43-47-51-55-59-63-67-71-77(82)79-75(74-80)76(81)70-66-62-58-54-50-46-42-20-18-16-14-12-10-8-6-4-2/h11,13,17,19,66,70,75-76,80-81H,3-10,12,14-16,18,20-65,67-69,71-74H2,1-2H3,(H,79,82)/b13-11-,19-17-,70-66+. The maximum atomic E-state index is 12.5. The molecule has 3 N–H and O–H groups in total. The van der Waals surface area contributed by atoms with Gasteiger partial charge in [0.25, 0.3) is 0 Å². The van der Waals surface area contributed by atoms with E-state index in [1.807, 2.05) is 6.08 Å². The minimum atomic E-state index is -0.841. The summed E-state index contributed by atoms with van der Waals surface area (Å²) in [6.07, 6.45) is 95.4. The van der Waals surface area contributed by atoms with Gasteiger partial charge in [-0.1, -0.05) is 384 Å². The van der Waals surface area contributed by atoms with Crippen LogP contribution in [0.4, 0.5) is 0 Å². The number of carbonyl (C=O) groups excluding carboxylic acids is 2. The predicted octanol–water partition coefficient (Wildman–Crippen LogP) is 25.0. The minimum Gasteiger partial charge on any atom is -0.466 e. The summed E-state index contributed by atoms with van der Waals surface area (Å²) in [4.78, 5) is 24.6. The van der Waals surface area contributed by atoms with Gasteiger partial charge in [0.15, 0.2) is 0 Å². The number of esters is 1. The summed E-state index contributed by atoms with van der Waals surface area (Å²) in [6.45, 7) is 4.92. The molecule has 0 rings (SSSR count). The number of unbranched alkanes of at least 4 members (excludes halogenated alkanes) is 57. The zero-order valence-electron chi connectivity index (χ0n) is 56.9. The molecule has 0 aliphatic rings.